The number of hydrogen-bond acceptors (Lipinski definition) is 7. The van der Waals surface area contributed by atoms with E-state index < -0.39 is 6.16 Å². The number of carbonyl (C=O) groups excluding carboxylic acids is 3. The van der Waals surface area contributed by atoms with Gasteiger partial charge in [-0.25, -0.2) is 4.79 Å². The van der Waals surface area contributed by atoms with E-state index in [1.165, 1.54) is 0 Å². The summed E-state index contributed by atoms with van der Waals surface area (Å²) < 4.78 is 10.7. The zero-order chi connectivity index (χ0) is 42.6. The van der Waals surface area contributed by atoms with Gasteiger partial charge in [-0.15, -0.1) is 0 Å². The van der Waals surface area contributed by atoms with Crippen molar-refractivity contribution in [2.45, 2.75) is 103 Å². The van der Waals surface area contributed by atoms with Gasteiger partial charge in [0.1, 0.15) is 0 Å². The Morgan fingerprint density at radius 1 is 0.533 bits per heavy atom. The molecule has 0 unspecified atom stereocenters. The Kier molecular flexibility index (Phi) is 16.5. The van der Waals surface area contributed by atoms with Crippen LogP contribution in [-0.2, 0) is 44.7 Å². The smallest absolute Gasteiger partial charge is 0.434 e. The van der Waals surface area contributed by atoms with Gasteiger partial charge in [0, 0.05) is 84.6 Å². The molecule has 0 atom stereocenters. The highest BCUT2D eigenvalue weighted by Crippen LogP contribution is 2.29. The number of piperidine rings is 2. The highest BCUT2D eigenvalue weighted by Gasteiger charge is 2.31. The van der Waals surface area contributed by atoms with Crippen molar-refractivity contribution >= 4 is 52.5 Å². The lowest BCUT2D eigenvalue weighted by atomic mass is 9.99. The van der Waals surface area contributed by atoms with Crippen molar-refractivity contribution in [2.75, 3.05) is 49.2 Å². The molecule has 2 aliphatic rings. The van der Waals surface area contributed by atoms with Crippen molar-refractivity contribution in [3.05, 3.63) is 129 Å². The second-order valence-corrected chi connectivity index (χ2v) is 17.5. The maximum Gasteiger partial charge on any atom is 0.508 e. The van der Waals surface area contributed by atoms with Crippen molar-refractivity contribution in [3.63, 3.8) is 0 Å². The molecule has 9 nitrogen and oxygen atoms in total. The molecule has 2 saturated heterocycles. The van der Waals surface area contributed by atoms with Crippen LogP contribution in [0.15, 0.2) is 97.1 Å². The van der Waals surface area contributed by atoms with Crippen LogP contribution < -0.4 is 9.80 Å². The largest absolute Gasteiger partial charge is 0.508 e. The maximum absolute atomic E-state index is 13.8. The summed E-state index contributed by atoms with van der Waals surface area (Å²) >= 11 is 12.4. The molecule has 0 bridgehead atoms. The van der Waals surface area contributed by atoms with Gasteiger partial charge in [0.25, 0.3) is 0 Å². The molecule has 2 aliphatic heterocycles. The normalized spacial score (nSPS) is 15.6. The molecule has 2 amide bonds. The first-order valence-electron chi connectivity index (χ1n) is 21.5. The molecule has 6 rings (SSSR count). The van der Waals surface area contributed by atoms with Crippen LogP contribution in [0.25, 0.3) is 0 Å². The number of amides is 2. The van der Waals surface area contributed by atoms with Crippen LogP contribution in [0.3, 0.4) is 0 Å². The summed E-state index contributed by atoms with van der Waals surface area (Å²) in [4.78, 5) is 48.9. The van der Waals surface area contributed by atoms with Crippen molar-refractivity contribution in [1.82, 2.24) is 9.80 Å². The lowest BCUT2D eigenvalue weighted by Crippen LogP contribution is -2.49. The molecule has 320 valence electrons. The average molecular weight is 856 g/mol. The van der Waals surface area contributed by atoms with E-state index in [4.69, 9.17) is 32.7 Å². The fourth-order valence-electron chi connectivity index (χ4n) is 8.35. The monoisotopic (exact) mass is 854 g/mol. The Bertz CT molecular complexity index is 1830. The number of nitrogens with zero attached hydrogens (tertiary/aromatic N) is 4. The van der Waals surface area contributed by atoms with E-state index in [0.29, 0.717) is 35.0 Å². The Hall–Kier alpha value is -4.41. The first kappa shape index (κ1) is 45.1. The number of ether oxygens (including phenoxy) is 2. The third kappa shape index (κ3) is 12.8. The summed E-state index contributed by atoms with van der Waals surface area (Å²) in [7, 11) is 0. The number of anilines is 2. The Labute approximate surface area is 366 Å². The summed E-state index contributed by atoms with van der Waals surface area (Å²) in [6.45, 7) is 13.1. The van der Waals surface area contributed by atoms with Gasteiger partial charge in [0.05, 0.1) is 26.1 Å². The number of benzene rings is 4. The molecule has 0 saturated carbocycles. The van der Waals surface area contributed by atoms with Gasteiger partial charge >= 0.3 is 6.16 Å². The predicted molar refractivity (Wildman–Crippen MR) is 242 cm³/mol. The van der Waals surface area contributed by atoms with Crippen LogP contribution in [0.2, 0.25) is 10.0 Å². The second kappa shape index (κ2) is 21.9. The Morgan fingerprint density at radius 3 is 1.17 bits per heavy atom. The molecule has 11 heteroatoms. The quantitative estimate of drug-likeness (QED) is 0.104. The zero-order valence-electron chi connectivity index (χ0n) is 35.5. The summed E-state index contributed by atoms with van der Waals surface area (Å²) in [5.41, 5.74) is 5.61. The number of likely N-dealkylation sites (tertiary alicyclic amines) is 2. The molecule has 4 aromatic carbocycles. The van der Waals surface area contributed by atoms with Gasteiger partial charge in [0.15, 0.2) is 0 Å². The number of carbonyl (C=O) groups is 3. The third-order valence-corrected chi connectivity index (χ3v) is 12.4. The lowest BCUT2D eigenvalue weighted by molar-refractivity contribution is -0.119. The van der Waals surface area contributed by atoms with Gasteiger partial charge in [-0.05, 0) is 124 Å². The molecule has 0 spiro atoms. The van der Waals surface area contributed by atoms with Crippen LogP contribution in [0, 0.1) is 0 Å². The molecule has 60 heavy (non-hydrogen) atoms. The van der Waals surface area contributed by atoms with Crippen molar-refractivity contribution in [1.29, 1.82) is 0 Å². The van der Waals surface area contributed by atoms with Gasteiger partial charge < -0.3 is 29.1 Å². The van der Waals surface area contributed by atoms with Gasteiger partial charge in [0.2, 0.25) is 11.8 Å². The van der Waals surface area contributed by atoms with E-state index in [-0.39, 0.29) is 50.0 Å². The van der Waals surface area contributed by atoms with Crippen LogP contribution in [-0.4, -0.2) is 91.3 Å². The minimum absolute atomic E-state index is 0.0650. The van der Waals surface area contributed by atoms with E-state index in [9.17, 15) is 14.4 Å². The molecule has 0 N–H and O–H groups in total. The standard InChI is InChI=1S/C49H60Cl2N4O5/c1-35(2)52-27-21-45(22-28-52)54(43-17-13-41(50)14-18-43)47(56)33-39-9-5-37(6-10-39)25-31-59-49(58)60-32-26-38-7-11-40(12-8-38)34-48(57)55(44-19-15-42(51)16-20-44)46-23-29-53(30-24-46)36(3)4/h5-20,35-36,45-46H,21-34H2,1-4H3. The highest BCUT2D eigenvalue weighted by molar-refractivity contribution is 6.31. The minimum Gasteiger partial charge on any atom is -0.434 e. The molecular weight excluding hydrogens is 795 g/mol. The summed E-state index contributed by atoms with van der Waals surface area (Å²) in [5, 5.41) is 1.29. The third-order valence-electron chi connectivity index (χ3n) is 11.9. The Balaban J connectivity index is 0.923. The fraction of sp³-hybridized carbons (Fsp3) is 0.449. The highest BCUT2D eigenvalue weighted by atomic mass is 35.5. The lowest BCUT2D eigenvalue weighted by Gasteiger charge is -2.40. The average Bonchev–Trinajstić information content (AvgIpc) is 3.24. The molecule has 0 aliphatic carbocycles. The maximum atomic E-state index is 13.8. The Morgan fingerprint density at radius 2 is 0.850 bits per heavy atom. The second-order valence-electron chi connectivity index (χ2n) is 16.6. The van der Waals surface area contributed by atoms with Crippen LogP contribution in [0.1, 0.15) is 75.6 Å². The van der Waals surface area contributed by atoms with E-state index in [0.717, 1.165) is 85.5 Å². The molecule has 0 radical (unpaired) electrons. The summed E-state index contributed by atoms with van der Waals surface area (Å²) in [6, 6.07) is 32.1. The zero-order valence-corrected chi connectivity index (χ0v) is 37.0. The molecule has 2 heterocycles. The first-order valence-corrected chi connectivity index (χ1v) is 22.3. The van der Waals surface area contributed by atoms with Crippen molar-refractivity contribution in [3.8, 4) is 0 Å². The van der Waals surface area contributed by atoms with E-state index in [1.54, 1.807) is 0 Å². The van der Waals surface area contributed by atoms with Crippen LogP contribution in [0.4, 0.5) is 16.2 Å². The SMILES string of the molecule is CC(C)N1CCC(N(C(=O)Cc2ccc(CCOC(=O)OCCc3ccc(CC(=O)N(c4ccc(Cl)cc4)C4CCN(C(C)C)CC4)cc3)cc2)c2ccc(Cl)cc2)CC1. The van der Waals surface area contributed by atoms with E-state index in [2.05, 4.69) is 37.5 Å². The number of rotatable bonds is 16. The first-order chi connectivity index (χ1) is 28.9. The van der Waals surface area contributed by atoms with E-state index in [1.807, 2.05) is 107 Å². The number of hydrogen-bond donors (Lipinski definition) is 0. The molecule has 4 aromatic rings. The van der Waals surface area contributed by atoms with Crippen molar-refractivity contribution < 1.29 is 23.9 Å². The van der Waals surface area contributed by atoms with Gasteiger partial charge in [-0.3, -0.25) is 9.59 Å². The number of halogens is 2. The van der Waals surface area contributed by atoms with E-state index >= 15 is 0 Å². The molecule has 2 fully saturated rings. The topological polar surface area (TPSA) is 82.6 Å². The van der Waals surface area contributed by atoms with Gasteiger partial charge in [-0.1, -0.05) is 71.7 Å². The van der Waals surface area contributed by atoms with Gasteiger partial charge in [-0.2, -0.15) is 0 Å². The predicted octanol–water partition coefficient (Wildman–Crippen LogP) is 9.83. The van der Waals surface area contributed by atoms with Crippen molar-refractivity contribution in [2.24, 2.45) is 0 Å². The van der Waals surface area contributed by atoms with Crippen LogP contribution in [0.5, 0.6) is 0 Å². The van der Waals surface area contributed by atoms with Crippen LogP contribution >= 0.6 is 23.2 Å². The summed E-state index contributed by atoms with van der Waals surface area (Å²) in [5.74, 6) is 0.130. The summed E-state index contributed by atoms with van der Waals surface area (Å²) in [6.07, 6.45) is 4.63. The fourth-order valence-corrected chi connectivity index (χ4v) is 8.61. The molecule has 0 aromatic heterocycles. The molecular formula is C49H60Cl2N4O5. The minimum atomic E-state index is -0.706.